The van der Waals surface area contributed by atoms with Gasteiger partial charge in [-0.3, -0.25) is 0 Å². The molecule has 0 bridgehead atoms. The fourth-order valence-corrected chi connectivity index (χ4v) is 3.21. The summed E-state index contributed by atoms with van der Waals surface area (Å²) >= 11 is 12.2. The SMILES string of the molecule is Fc1cccc(Cl)c1-c1nc(NN=CCc2ccccc2)nc(Nc2ccc(Cl)cc2)n1. The number of hydrogen-bond acceptors (Lipinski definition) is 6. The summed E-state index contributed by atoms with van der Waals surface area (Å²) in [6.07, 6.45) is 2.32. The summed E-state index contributed by atoms with van der Waals surface area (Å²) in [6.45, 7) is 0. The van der Waals surface area contributed by atoms with Crippen molar-refractivity contribution in [2.24, 2.45) is 5.10 Å². The molecular formula is C23H17Cl2FN6. The Morgan fingerprint density at radius 3 is 2.34 bits per heavy atom. The highest BCUT2D eigenvalue weighted by molar-refractivity contribution is 6.33. The Kier molecular flexibility index (Phi) is 6.89. The van der Waals surface area contributed by atoms with E-state index in [1.807, 2.05) is 30.3 Å². The summed E-state index contributed by atoms with van der Waals surface area (Å²) in [7, 11) is 0. The minimum atomic E-state index is -0.542. The summed E-state index contributed by atoms with van der Waals surface area (Å²) in [5.41, 5.74) is 4.66. The Balaban J connectivity index is 1.63. The molecule has 0 spiro atoms. The second kappa shape index (κ2) is 10.2. The first-order valence-electron chi connectivity index (χ1n) is 9.63. The number of anilines is 3. The maximum absolute atomic E-state index is 14.5. The van der Waals surface area contributed by atoms with E-state index in [2.05, 4.69) is 30.8 Å². The molecular weight excluding hydrogens is 450 g/mol. The molecule has 4 rings (SSSR count). The van der Waals surface area contributed by atoms with E-state index in [1.54, 1.807) is 36.5 Å². The fourth-order valence-electron chi connectivity index (χ4n) is 2.84. The number of rotatable bonds is 7. The van der Waals surface area contributed by atoms with Crippen LogP contribution in [0.4, 0.5) is 22.0 Å². The number of nitrogens with zero attached hydrogens (tertiary/aromatic N) is 4. The number of aromatic nitrogens is 3. The molecule has 1 heterocycles. The van der Waals surface area contributed by atoms with Crippen molar-refractivity contribution in [1.29, 1.82) is 0 Å². The smallest absolute Gasteiger partial charge is 0.248 e. The van der Waals surface area contributed by atoms with Gasteiger partial charge in [0.2, 0.25) is 11.9 Å². The van der Waals surface area contributed by atoms with Crippen LogP contribution in [0, 0.1) is 5.82 Å². The second-order valence-electron chi connectivity index (χ2n) is 6.65. The lowest BCUT2D eigenvalue weighted by atomic mass is 10.2. The van der Waals surface area contributed by atoms with Crippen molar-refractivity contribution in [2.75, 3.05) is 10.7 Å². The third-order valence-electron chi connectivity index (χ3n) is 4.35. The standard InChI is InChI=1S/C23H17Cl2FN6/c24-16-9-11-17(12-10-16)28-22-29-21(20-18(25)7-4-8-19(20)26)30-23(31-22)32-27-14-13-15-5-2-1-3-6-15/h1-12,14H,13H2,(H2,28,29,30,31,32). The Labute approximate surface area is 194 Å². The van der Waals surface area contributed by atoms with Gasteiger partial charge in [-0.15, -0.1) is 0 Å². The summed E-state index contributed by atoms with van der Waals surface area (Å²) < 4.78 is 14.5. The van der Waals surface area contributed by atoms with Crippen LogP contribution in [-0.4, -0.2) is 21.2 Å². The van der Waals surface area contributed by atoms with Crippen LogP contribution in [0.15, 0.2) is 77.9 Å². The molecule has 4 aromatic rings. The van der Waals surface area contributed by atoms with Crippen LogP contribution in [0.1, 0.15) is 5.56 Å². The molecule has 0 amide bonds. The number of benzene rings is 3. The molecule has 0 aliphatic heterocycles. The average Bonchev–Trinajstić information content (AvgIpc) is 2.79. The van der Waals surface area contributed by atoms with Gasteiger partial charge >= 0.3 is 0 Å². The van der Waals surface area contributed by atoms with E-state index in [9.17, 15) is 4.39 Å². The molecule has 0 fully saturated rings. The van der Waals surface area contributed by atoms with Crippen molar-refractivity contribution in [3.8, 4) is 11.4 Å². The van der Waals surface area contributed by atoms with Crippen LogP contribution in [0.3, 0.4) is 0 Å². The van der Waals surface area contributed by atoms with Gasteiger partial charge in [0.1, 0.15) is 5.82 Å². The number of halogens is 3. The first kappa shape index (κ1) is 21.7. The molecule has 0 saturated carbocycles. The van der Waals surface area contributed by atoms with Gasteiger partial charge in [0.15, 0.2) is 5.82 Å². The van der Waals surface area contributed by atoms with E-state index in [-0.39, 0.29) is 28.3 Å². The van der Waals surface area contributed by atoms with Crippen molar-refractivity contribution in [2.45, 2.75) is 6.42 Å². The molecule has 0 atom stereocenters. The van der Waals surface area contributed by atoms with Crippen LogP contribution in [0.25, 0.3) is 11.4 Å². The second-order valence-corrected chi connectivity index (χ2v) is 7.49. The van der Waals surface area contributed by atoms with Gasteiger partial charge in [0, 0.05) is 23.3 Å². The fraction of sp³-hybridized carbons (Fsp3) is 0.0435. The number of hydrogen-bond donors (Lipinski definition) is 2. The Hall–Kier alpha value is -3.55. The summed E-state index contributed by atoms with van der Waals surface area (Å²) in [5.74, 6) is -0.146. The molecule has 0 unspecified atom stereocenters. The lowest BCUT2D eigenvalue weighted by Gasteiger charge is -2.10. The minimum Gasteiger partial charge on any atom is -0.324 e. The Morgan fingerprint density at radius 2 is 1.59 bits per heavy atom. The summed E-state index contributed by atoms with van der Waals surface area (Å²) in [6, 6.07) is 21.3. The van der Waals surface area contributed by atoms with E-state index in [4.69, 9.17) is 23.2 Å². The lowest BCUT2D eigenvalue weighted by molar-refractivity contribution is 0.630. The highest BCUT2D eigenvalue weighted by Crippen LogP contribution is 2.29. The maximum Gasteiger partial charge on any atom is 0.248 e. The monoisotopic (exact) mass is 466 g/mol. The molecule has 0 aliphatic rings. The van der Waals surface area contributed by atoms with E-state index in [1.165, 1.54) is 12.1 Å². The third kappa shape index (κ3) is 5.57. The lowest BCUT2D eigenvalue weighted by Crippen LogP contribution is -2.06. The van der Waals surface area contributed by atoms with E-state index in [0.29, 0.717) is 17.1 Å². The van der Waals surface area contributed by atoms with Gasteiger partial charge in [-0.1, -0.05) is 59.6 Å². The van der Waals surface area contributed by atoms with E-state index >= 15 is 0 Å². The zero-order chi connectivity index (χ0) is 22.3. The summed E-state index contributed by atoms with van der Waals surface area (Å²) in [4.78, 5) is 13.0. The van der Waals surface area contributed by atoms with Gasteiger partial charge in [-0.25, -0.2) is 9.82 Å². The van der Waals surface area contributed by atoms with Crippen molar-refractivity contribution in [1.82, 2.24) is 15.0 Å². The van der Waals surface area contributed by atoms with Crippen molar-refractivity contribution >= 4 is 47.0 Å². The molecule has 2 N–H and O–H groups in total. The predicted molar refractivity (Wildman–Crippen MR) is 127 cm³/mol. The molecule has 0 aliphatic carbocycles. The van der Waals surface area contributed by atoms with Gasteiger partial charge in [0.25, 0.3) is 0 Å². The van der Waals surface area contributed by atoms with Gasteiger partial charge in [0.05, 0.1) is 10.6 Å². The van der Waals surface area contributed by atoms with Crippen LogP contribution in [0.5, 0.6) is 0 Å². The van der Waals surface area contributed by atoms with Crippen LogP contribution in [0.2, 0.25) is 10.0 Å². The minimum absolute atomic E-state index is 0.0697. The van der Waals surface area contributed by atoms with E-state index < -0.39 is 5.82 Å². The Morgan fingerprint density at radius 1 is 0.844 bits per heavy atom. The van der Waals surface area contributed by atoms with Crippen LogP contribution >= 0.6 is 23.2 Å². The van der Waals surface area contributed by atoms with Crippen LogP contribution in [-0.2, 0) is 6.42 Å². The largest absolute Gasteiger partial charge is 0.324 e. The van der Waals surface area contributed by atoms with Crippen molar-refractivity contribution in [3.05, 3.63) is 94.2 Å². The highest BCUT2D eigenvalue weighted by Gasteiger charge is 2.16. The molecule has 1 aromatic heterocycles. The molecule has 6 nitrogen and oxygen atoms in total. The van der Waals surface area contributed by atoms with Gasteiger partial charge in [-0.2, -0.15) is 20.1 Å². The number of nitrogens with one attached hydrogen (secondary N) is 2. The maximum atomic E-state index is 14.5. The Bertz CT molecular complexity index is 1210. The predicted octanol–water partition coefficient (Wildman–Crippen LogP) is 6.37. The van der Waals surface area contributed by atoms with E-state index in [0.717, 1.165) is 5.56 Å². The molecule has 32 heavy (non-hydrogen) atoms. The van der Waals surface area contributed by atoms with Crippen molar-refractivity contribution in [3.63, 3.8) is 0 Å². The molecule has 0 saturated heterocycles. The summed E-state index contributed by atoms with van der Waals surface area (Å²) in [5, 5.41) is 8.02. The number of hydrazone groups is 1. The van der Waals surface area contributed by atoms with Gasteiger partial charge in [-0.05, 0) is 42.0 Å². The molecule has 9 heteroatoms. The molecule has 0 radical (unpaired) electrons. The van der Waals surface area contributed by atoms with Crippen molar-refractivity contribution < 1.29 is 4.39 Å². The zero-order valence-corrected chi connectivity index (χ0v) is 18.1. The zero-order valence-electron chi connectivity index (χ0n) is 16.6. The van der Waals surface area contributed by atoms with Crippen LogP contribution < -0.4 is 10.7 Å². The average molecular weight is 467 g/mol. The molecule has 3 aromatic carbocycles. The third-order valence-corrected chi connectivity index (χ3v) is 4.91. The first-order valence-corrected chi connectivity index (χ1v) is 10.4. The molecule has 160 valence electrons. The quantitative estimate of drug-likeness (QED) is 0.244. The highest BCUT2D eigenvalue weighted by atomic mass is 35.5. The van der Waals surface area contributed by atoms with Gasteiger partial charge < -0.3 is 5.32 Å². The normalized spacial score (nSPS) is 11.0. The topological polar surface area (TPSA) is 75.1 Å². The first-order chi connectivity index (χ1) is 15.6.